The smallest absolute Gasteiger partial charge is 0.261 e. The lowest BCUT2D eigenvalue weighted by atomic mass is 10.1. The number of sulfonamides is 1. The summed E-state index contributed by atoms with van der Waals surface area (Å²) in [7, 11) is -2.40. The number of ether oxygens (including phenoxy) is 1. The van der Waals surface area contributed by atoms with Crippen molar-refractivity contribution in [3.8, 4) is 5.75 Å². The van der Waals surface area contributed by atoms with E-state index < -0.39 is 10.0 Å². The summed E-state index contributed by atoms with van der Waals surface area (Å²) in [6.07, 6.45) is 1.90. The summed E-state index contributed by atoms with van der Waals surface area (Å²) < 4.78 is 33.1. The van der Waals surface area contributed by atoms with E-state index in [0.29, 0.717) is 29.5 Å². The number of nitrogens with one attached hydrogen (secondary N) is 1. The lowest BCUT2D eigenvalue weighted by Crippen LogP contribution is -2.28. The van der Waals surface area contributed by atoms with E-state index in [0.717, 1.165) is 12.8 Å². The maximum absolute atomic E-state index is 12.7. The Bertz CT molecular complexity index is 907. The van der Waals surface area contributed by atoms with Gasteiger partial charge in [0.05, 0.1) is 17.6 Å². The van der Waals surface area contributed by atoms with Crippen molar-refractivity contribution >= 4 is 33.2 Å². The number of rotatable bonds is 5. The summed E-state index contributed by atoms with van der Waals surface area (Å²) in [4.78, 5) is 14.4. The molecular weight excluding hydrogens is 376 g/mol. The van der Waals surface area contributed by atoms with Crippen molar-refractivity contribution in [1.29, 1.82) is 0 Å². The number of carbonyl (C=O) groups excluding carboxylic acids is 1. The standard InChI is InChI=1S/C18H19ClN2O4S/c1-25-17-9-8-15(12-16(17)18(22)21-10-2-3-11-21)26(23,24)20-14-6-4-13(19)5-7-14/h4-9,12,20H,2-3,10-11H2,1H3. The van der Waals surface area contributed by atoms with Gasteiger partial charge in [0.1, 0.15) is 5.75 Å². The Morgan fingerprint density at radius 2 is 1.77 bits per heavy atom. The summed E-state index contributed by atoms with van der Waals surface area (Å²) >= 11 is 5.82. The molecule has 0 aromatic heterocycles. The van der Waals surface area contributed by atoms with Crippen molar-refractivity contribution in [2.75, 3.05) is 24.9 Å². The van der Waals surface area contributed by atoms with Gasteiger partial charge in [-0.15, -0.1) is 0 Å². The number of hydrogen-bond donors (Lipinski definition) is 1. The summed E-state index contributed by atoms with van der Waals surface area (Å²) in [6.45, 7) is 1.34. The highest BCUT2D eigenvalue weighted by atomic mass is 35.5. The average Bonchev–Trinajstić information content (AvgIpc) is 3.17. The molecule has 138 valence electrons. The molecule has 1 N–H and O–H groups in total. The zero-order valence-electron chi connectivity index (χ0n) is 14.2. The minimum absolute atomic E-state index is 0.00389. The maximum atomic E-state index is 12.7. The van der Waals surface area contributed by atoms with Crippen LogP contribution in [-0.4, -0.2) is 39.4 Å². The molecule has 0 aliphatic carbocycles. The molecule has 0 atom stereocenters. The van der Waals surface area contributed by atoms with Gasteiger partial charge in [-0.05, 0) is 55.3 Å². The van der Waals surface area contributed by atoms with Crippen molar-refractivity contribution in [3.05, 3.63) is 53.1 Å². The molecule has 0 radical (unpaired) electrons. The normalized spacial score (nSPS) is 14.3. The van der Waals surface area contributed by atoms with E-state index in [4.69, 9.17) is 16.3 Å². The third-order valence-electron chi connectivity index (χ3n) is 4.20. The second-order valence-electron chi connectivity index (χ2n) is 5.97. The summed E-state index contributed by atoms with van der Waals surface area (Å²) in [6, 6.07) is 10.6. The largest absolute Gasteiger partial charge is 0.496 e. The van der Waals surface area contributed by atoms with Crippen LogP contribution in [0, 0.1) is 0 Å². The number of amides is 1. The lowest BCUT2D eigenvalue weighted by molar-refractivity contribution is 0.0789. The highest BCUT2D eigenvalue weighted by molar-refractivity contribution is 7.92. The van der Waals surface area contributed by atoms with Gasteiger partial charge < -0.3 is 9.64 Å². The summed E-state index contributed by atoms with van der Waals surface area (Å²) in [5, 5.41) is 0.510. The molecule has 1 saturated heterocycles. The third kappa shape index (κ3) is 3.94. The molecule has 1 fully saturated rings. The van der Waals surface area contributed by atoms with Crippen LogP contribution >= 0.6 is 11.6 Å². The number of likely N-dealkylation sites (tertiary alicyclic amines) is 1. The van der Waals surface area contributed by atoms with E-state index >= 15 is 0 Å². The topological polar surface area (TPSA) is 75.7 Å². The number of methoxy groups -OCH3 is 1. The SMILES string of the molecule is COc1ccc(S(=O)(=O)Nc2ccc(Cl)cc2)cc1C(=O)N1CCCC1. The second kappa shape index (κ2) is 7.55. The van der Waals surface area contributed by atoms with Gasteiger partial charge in [0.25, 0.3) is 15.9 Å². The fourth-order valence-electron chi connectivity index (χ4n) is 2.84. The average molecular weight is 395 g/mol. The number of carbonyl (C=O) groups is 1. The van der Waals surface area contributed by atoms with E-state index in [1.165, 1.54) is 25.3 Å². The van der Waals surface area contributed by atoms with Crippen LogP contribution < -0.4 is 9.46 Å². The number of anilines is 1. The number of halogens is 1. The first-order valence-electron chi connectivity index (χ1n) is 8.16. The van der Waals surface area contributed by atoms with Gasteiger partial charge in [0, 0.05) is 23.8 Å². The lowest BCUT2D eigenvalue weighted by Gasteiger charge is -2.18. The van der Waals surface area contributed by atoms with Crippen molar-refractivity contribution in [3.63, 3.8) is 0 Å². The molecular formula is C18H19ClN2O4S. The molecule has 2 aromatic carbocycles. The van der Waals surface area contributed by atoms with E-state index in [1.807, 2.05) is 0 Å². The highest BCUT2D eigenvalue weighted by Crippen LogP contribution is 2.26. The molecule has 6 nitrogen and oxygen atoms in total. The van der Waals surface area contributed by atoms with Crippen LogP contribution in [0.4, 0.5) is 5.69 Å². The van der Waals surface area contributed by atoms with Crippen LogP contribution in [0.15, 0.2) is 47.4 Å². The van der Waals surface area contributed by atoms with Gasteiger partial charge in [-0.25, -0.2) is 8.42 Å². The fraction of sp³-hybridized carbons (Fsp3) is 0.278. The van der Waals surface area contributed by atoms with E-state index in [-0.39, 0.29) is 16.4 Å². The molecule has 1 aliphatic heterocycles. The van der Waals surface area contributed by atoms with Crippen LogP contribution in [0.25, 0.3) is 0 Å². The second-order valence-corrected chi connectivity index (χ2v) is 8.09. The van der Waals surface area contributed by atoms with E-state index in [9.17, 15) is 13.2 Å². The number of nitrogens with zero attached hydrogens (tertiary/aromatic N) is 1. The van der Waals surface area contributed by atoms with Crippen molar-refractivity contribution in [1.82, 2.24) is 4.90 Å². The molecule has 1 aliphatic rings. The van der Waals surface area contributed by atoms with Crippen molar-refractivity contribution < 1.29 is 17.9 Å². The molecule has 0 saturated carbocycles. The molecule has 1 amide bonds. The molecule has 8 heteroatoms. The molecule has 0 unspecified atom stereocenters. The van der Waals surface area contributed by atoms with Gasteiger partial charge in [0.2, 0.25) is 0 Å². The van der Waals surface area contributed by atoms with Crippen molar-refractivity contribution in [2.45, 2.75) is 17.7 Å². The summed E-state index contributed by atoms with van der Waals surface area (Å²) in [5.41, 5.74) is 0.631. The highest BCUT2D eigenvalue weighted by Gasteiger charge is 2.25. The van der Waals surface area contributed by atoms with Gasteiger partial charge in [-0.2, -0.15) is 0 Å². The first-order chi connectivity index (χ1) is 12.4. The Labute approximate surface area is 157 Å². The number of benzene rings is 2. The minimum Gasteiger partial charge on any atom is -0.496 e. The van der Waals surface area contributed by atoms with Gasteiger partial charge >= 0.3 is 0 Å². The molecule has 0 spiro atoms. The monoisotopic (exact) mass is 394 g/mol. The van der Waals surface area contributed by atoms with Crippen LogP contribution in [0.3, 0.4) is 0 Å². The van der Waals surface area contributed by atoms with Crippen LogP contribution in [0.2, 0.25) is 5.02 Å². The van der Waals surface area contributed by atoms with E-state index in [2.05, 4.69) is 4.72 Å². The van der Waals surface area contributed by atoms with Crippen LogP contribution in [-0.2, 0) is 10.0 Å². The third-order valence-corrected chi connectivity index (χ3v) is 5.83. The molecule has 0 bridgehead atoms. The number of hydrogen-bond acceptors (Lipinski definition) is 4. The van der Waals surface area contributed by atoms with Crippen LogP contribution in [0.1, 0.15) is 23.2 Å². The zero-order chi connectivity index (χ0) is 18.7. The van der Waals surface area contributed by atoms with Gasteiger partial charge in [-0.1, -0.05) is 11.6 Å². The Balaban J connectivity index is 1.92. The molecule has 1 heterocycles. The van der Waals surface area contributed by atoms with E-state index in [1.54, 1.807) is 29.2 Å². The predicted molar refractivity (Wildman–Crippen MR) is 100 cm³/mol. The maximum Gasteiger partial charge on any atom is 0.261 e. The van der Waals surface area contributed by atoms with Gasteiger partial charge in [0.15, 0.2) is 0 Å². The molecule has 26 heavy (non-hydrogen) atoms. The Morgan fingerprint density at radius 1 is 1.12 bits per heavy atom. The Kier molecular flexibility index (Phi) is 5.38. The Morgan fingerprint density at radius 3 is 2.38 bits per heavy atom. The molecule has 2 aromatic rings. The van der Waals surface area contributed by atoms with Gasteiger partial charge in [-0.3, -0.25) is 9.52 Å². The molecule has 3 rings (SSSR count). The van der Waals surface area contributed by atoms with Crippen LogP contribution in [0.5, 0.6) is 5.75 Å². The zero-order valence-corrected chi connectivity index (χ0v) is 15.8. The quantitative estimate of drug-likeness (QED) is 0.843. The minimum atomic E-state index is -3.85. The Hall–Kier alpha value is -2.25. The predicted octanol–water partition coefficient (Wildman–Crippen LogP) is 3.39. The first-order valence-corrected chi connectivity index (χ1v) is 10.0. The fourth-order valence-corrected chi connectivity index (χ4v) is 4.05. The van der Waals surface area contributed by atoms with Crippen molar-refractivity contribution in [2.24, 2.45) is 0 Å². The first kappa shape index (κ1) is 18.5. The summed E-state index contributed by atoms with van der Waals surface area (Å²) in [5.74, 6) is 0.134.